The Balaban J connectivity index is 2.57. The maximum atomic E-state index is 10.9. The lowest BCUT2D eigenvalue weighted by Gasteiger charge is -2.07. The lowest BCUT2D eigenvalue weighted by molar-refractivity contribution is 0.0689. The van der Waals surface area contributed by atoms with Gasteiger partial charge in [0.1, 0.15) is 5.75 Å². The molecule has 0 saturated carbocycles. The molecule has 0 spiro atoms. The number of rotatable bonds is 3. The number of carbonyl (C=O) groups is 1. The summed E-state index contributed by atoms with van der Waals surface area (Å²) < 4.78 is 7.54. The Morgan fingerprint density at radius 1 is 1.44 bits per heavy atom. The summed E-state index contributed by atoms with van der Waals surface area (Å²) in [5, 5.41) is 12.9. The van der Waals surface area contributed by atoms with Crippen molar-refractivity contribution in [3.63, 3.8) is 0 Å². The van der Waals surface area contributed by atoms with Crippen LogP contribution in [-0.2, 0) is 7.05 Å². The molecule has 0 saturated heterocycles. The van der Waals surface area contributed by atoms with Crippen LogP contribution in [-0.4, -0.2) is 28.0 Å². The van der Waals surface area contributed by atoms with Crippen LogP contribution in [0.5, 0.6) is 5.75 Å². The lowest BCUT2D eigenvalue weighted by Crippen LogP contribution is -1.99. The van der Waals surface area contributed by atoms with Gasteiger partial charge in [-0.3, -0.25) is 4.68 Å². The van der Waals surface area contributed by atoms with Crippen molar-refractivity contribution in [3.05, 3.63) is 34.4 Å². The molecule has 2 rings (SSSR count). The molecule has 0 aliphatic heterocycles. The number of halogens is 1. The summed E-state index contributed by atoms with van der Waals surface area (Å²) in [5.41, 5.74) is 1.55. The molecule has 94 valence electrons. The van der Waals surface area contributed by atoms with Crippen LogP contribution in [0.4, 0.5) is 0 Å². The molecule has 0 aliphatic rings. The fourth-order valence-corrected chi connectivity index (χ4v) is 2.10. The van der Waals surface area contributed by atoms with Gasteiger partial charge in [-0.1, -0.05) is 15.9 Å². The molecular formula is C12H11BrN2O3. The number of benzene rings is 1. The third-order valence-electron chi connectivity index (χ3n) is 2.55. The number of nitrogens with zero attached hydrogens (tertiary/aromatic N) is 2. The largest absolute Gasteiger partial charge is 0.497 e. The Hall–Kier alpha value is -1.82. The number of hydrogen-bond acceptors (Lipinski definition) is 3. The molecule has 2 aromatic rings. The maximum absolute atomic E-state index is 10.9. The van der Waals surface area contributed by atoms with E-state index >= 15 is 0 Å². The molecule has 1 aromatic carbocycles. The summed E-state index contributed by atoms with van der Waals surface area (Å²) in [4.78, 5) is 10.9. The minimum absolute atomic E-state index is 0.0159. The molecular weight excluding hydrogens is 300 g/mol. The minimum Gasteiger partial charge on any atom is -0.497 e. The second-order valence-electron chi connectivity index (χ2n) is 3.69. The van der Waals surface area contributed by atoms with Gasteiger partial charge in [-0.05, 0) is 24.3 Å². The fourth-order valence-electron chi connectivity index (χ4n) is 1.65. The Bertz CT molecular complexity index is 607. The van der Waals surface area contributed by atoms with Gasteiger partial charge in [-0.2, -0.15) is 5.10 Å². The number of aromatic carboxylic acids is 1. The second kappa shape index (κ2) is 4.81. The Morgan fingerprint density at radius 2 is 2.17 bits per heavy atom. The first-order valence-corrected chi connectivity index (χ1v) is 5.93. The molecule has 0 aliphatic carbocycles. The van der Waals surface area contributed by atoms with Crippen LogP contribution in [0.25, 0.3) is 11.3 Å². The van der Waals surface area contributed by atoms with Gasteiger partial charge in [-0.25, -0.2) is 4.79 Å². The third-order valence-corrected chi connectivity index (χ3v) is 3.24. The van der Waals surface area contributed by atoms with E-state index in [-0.39, 0.29) is 5.69 Å². The zero-order valence-electron chi connectivity index (χ0n) is 9.85. The predicted molar refractivity (Wildman–Crippen MR) is 69.9 cm³/mol. The van der Waals surface area contributed by atoms with Crippen molar-refractivity contribution in [1.29, 1.82) is 0 Å². The number of hydrogen-bond donors (Lipinski definition) is 1. The normalized spacial score (nSPS) is 10.4. The van der Waals surface area contributed by atoms with Gasteiger partial charge in [0.15, 0.2) is 5.69 Å². The summed E-state index contributed by atoms with van der Waals surface area (Å²) in [6.07, 6.45) is 0. The van der Waals surface area contributed by atoms with Crippen molar-refractivity contribution < 1.29 is 14.6 Å². The van der Waals surface area contributed by atoms with Crippen LogP contribution < -0.4 is 4.74 Å². The average Bonchev–Trinajstić information content (AvgIpc) is 2.72. The van der Waals surface area contributed by atoms with E-state index in [1.54, 1.807) is 14.2 Å². The topological polar surface area (TPSA) is 64.3 Å². The van der Waals surface area contributed by atoms with E-state index in [0.717, 1.165) is 10.0 Å². The number of carboxylic acid groups (broad SMARTS) is 1. The minimum atomic E-state index is -1.05. The standard InChI is InChI=1S/C12H11BrN2O3/c1-15-11(6-10(14-15)12(16)17)8-5-7(18-2)3-4-9(8)13/h3-6H,1-2H3,(H,16,17). The van der Waals surface area contributed by atoms with E-state index in [9.17, 15) is 4.79 Å². The first-order valence-electron chi connectivity index (χ1n) is 5.14. The molecule has 1 heterocycles. The Labute approximate surface area is 112 Å². The highest BCUT2D eigenvalue weighted by atomic mass is 79.9. The van der Waals surface area contributed by atoms with Crippen molar-refractivity contribution >= 4 is 21.9 Å². The van der Waals surface area contributed by atoms with Crippen LogP contribution in [0.2, 0.25) is 0 Å². The molecule has 18 heavy (non-hydrogen) atoms. The molecule has 0 fully saturated rings. The van der Waals surface area contributed by atoms with E-state index < -0.39 is 5.97 Å². The van der Waals surface area contributed by atoms with Crippen LogP contribution in [0.15, 0.2) is 28.7 Å². The third kappa shape index (κ3) is 2.24. The summed E-state index contributed by atoms with van der Waals surface area (Å²) in [6, 6.07) is 7.03. The van der Waals surface area contributed by atoms with Crippen LogP contribution in [0.1, 0.15) is 10.5 Å². The Kier molecular flexibility index (Phi) is 3.38. The summed E-state index contributed by atoms with van der Waals surface area (Å²) in [5.74, 6) is -0.345. The van der Waals surface area contributed by atoms with Gasteiger partial charge in [0.25, 0.3) is 0 Å². The van der Waals surface area contributed by atoms with Gasteiger partial charge >= 0.3 is 5.97 Å². The van der Waals surface area contributed by atoms with E-state index in [1.165, 1.54) is 10.7 Å². The van der Waals surface area contributed by atoms with Crippen molar-refractivity contribution in [2.24, 2.45) is 7.05 Å². The molecule has 0 unspecified atom stereocenters. The second-order valence-corrected chi connectivity index (χ2v) is 4.54. The van der Waals surface area contributed by atoms with Crippen molar-refractivity contribution in [3.8, 4) is 17.0 Å². The zero-order valence-corrected chi connectivity index (χ0v) is 11.4. The number of aryl methyl sites for hydroxylation is 1. The van der Waals surface area contributed by atoms with Crippen LogP contribution in [0.3, 0.4) is 0 Å². The fraction of sp³-hybridized carbons (Fsp3) is 0.167. The first kappa shape index (κ1) is 12.6. The van der Waals surface area contributed by atoms with Gasteiger partial charge in [0, 0.05) is 17.1 Å². The summed E-state index contributed by atoms with van der Waals surface area (Å²) in [7, 11) is 3.28. The highest BCUT2D eigenvalue weighted by Gasteiger charge is 2.15. The molecule has 5 nitrogen and oxygen atoms in total. The average molecular weight is 311 g/mol. The van der Waals surface area contributed by atoms with E-state index in [0.29, 0.717) is 11.4 Å². The van der Waals surface area contributed by atoms with Crippen LogP contribution >= 0.6 is 15.9 Å². The molecule has 0 bridgehead atoms. The number of carboxylic acids is 1. The highest BCUT2D eigenvalue weighted by Crippen LogP contribution is 2.31. The molecule has 0 radical (unpaired) electrons. The zero-order chi connectivity index (χ0) is 13.3. The van der Waals surface area contributed by atoms with E-state index in [2.05, 4.69) is 21.0 Å². The van der Waals surface area contributed by atoms with Crippen LogP contribution in [0, 0.1) is 0 Å². The number of ether oxygens (including phenoxy) is 1. The molecule has 6 heteroatoms. The van der Waals surface area contributed by atoms with Crippen molar-refractivity contribution in [2.45, 2.75) is 0 Å². The van der Waals surface area contributed by atoms with Gasteiger partial charge < -0.3 is 9.84 Å². The monoisotopic (exact) mass is 310 g/mol. The molecule has 1 aromatic heterocycles. The van der Waals surface area contributed by atoms with Gasteiger partial charge in [-0.15, -0.1) is 0 Å². The molecule has 0 amide bonds. The summed E-state index contributed by atoms with van der Waals surface area (Å²) >= 11 is 3.43. The SMILES string of the molecule is COc1ccc(Br)c(-c2cc(C(=O)O)nn2C)c1. The van der Waals surface area contributed by atoms with Crippen molar-refractivity contribution in [1.82, 2.24) is 9.78 Å². The summed E-state index contributed by atoms with van der Waals surface area (Å²) in [6.45, 7) is 0. The predicted octanol–water partition coefficient (Wildman–Crippen LogP) is 2.56. The number of methoxy groups -OCH3 is 1. The first-order chi connectivity index (χ1) is 8.52. The number of aromatic nitrogens is 2. The quantitative estimate of drug-likeness (QED) is 0.946. The molecule has 1 N–H and O–H groups in total. The lowest BCUT2D eigenvalue weighted by atomic mass is 10.1. The van der Waals surface area contributed by atoms with E-state index in [1.807, 2.05) is 18.2 Å². The Morgan fingerprint density at radius 3 is 2.72 bits per heavy atom. The van der Waals surface area contributed by atoms with Gasteiger partial charge in [0.05, 0.1) is 12.8 Å². The smallest absolute Gasteiger partial charge is 0.356 e. The highest BCUT2D eigenvalue weighted by molar-refractivity contribution is 9.10. The van der Waals surface area contributed by atoms with Gasteiger partial charge in [0.2, 0.25) is 0 Å². The molecule has 0 atom stereocenters. The maximum Gasteiger partial charge on any atom is 0.356 e. The van der Waals surface area contributed by atoms with E-state index in [4.69, 9.17) is 9.84 Å². The van der Waals surface area contributed by atoms with Crippen molar-refractivity contribution in [2.75, 3.05) is 7.11 Å².